The number of carbonyl (C=O) groups is 1. The maximum atomic E-state index is 12.5. The SMILES string of the molecule is O=C(O)C(Nc1ncc(C(F)(F)F)cc1Cl)c1ccco1. The molecule has 9 heteroatoms. The Morgan fingerprint density at radius 3 is 2.67 bits per heavy atom. The molecule has 0 saturated carbocycles. The molecule has 0 bridgehead atoms. The van der Waals surface area contributed by atoms with Gasteiger partial charge in [0.25, 0.3) is 0 Å². The molecule has 0 saturated heterocycles. The van der Waals surface area contributed by atoms with Crippen LogP contribution >= 0.6 is 11.6 Å². The lowest BCUT2D eigenvalue weighted by atomic mass is 10.2. The van der Waals surface area contributed by atoms with Gasteiger partial charge >= 0.3 is 12.1 Å². The number of alkyl halides is 3. The van der Waals surface area contributed by atoms with Gasteiger partial charge in [-0.05, 0) is 18.2 Å². The predicted molar refractivity (Wildman–Crippen MR) is 67.0 cm³/mol. The van der Waals surface area contributed by atoms with Crippen molar-refractivity contribution in [2.75, 3.05) is 5.32 Å². The van der Waals surface area contributed by atoms with Gasteiger partial charge in [0.1, 0.15) is 11.6 Å². The number of halogens is 4. The van der Waals surface area contributed by atoms with Crippen molar-refractivity contribution in [3.05, 3.63) is 47.0 Å². The van der Waals surface area contributed by atoms with Crippen molar-refractivity contribution in [1.29, 1.82) is 0 Å². The number of anilines is 1. The molecule has 0 aliphatic carbocycles. The van der Waals surface area contributed by atoms with Crippen molar-refractivity contribution >= 4 is 23.4 Å². The molecule has 0 fully saturated rings. The first-order valence-electron chi connectivity index (χ1n) is 5.54. The lowest BCUT2D eigenvalue weighted by molar-refractivity contribution is -0.139. The quantitative estimate of drug-likeness (QED) is 0.900. The summed E-state index contributed by atoms with van der Waals surface area (Å²) in [5.74, 6) is -1.41. The number of pyridine rings is 1. The van der Waals surface area contributed by atoms with E-state index in [1.54, 1.807) is 0 Å². The molecule has 2 aromatic rings. The predicted octanol–water partition coefficient (Wildman–Crippen LogP) is 3.58. The maximum Gasteiger partial charge on any atom is 0.417 e. The van der Waals surface area contributed by atoms with Gasteiger partial charge in [-0.3, -0.25) is 0 Å². The maximum absolute atomic E-state index is 12.5. The van der Waals surface area contributed by atoms with Crippen LogP contribution in [0.25, 0.3) is 0 Å². The van der Waals surface area contributed by atoms with Crippen LogP contribution in [0, 0.1) is 0 Å². The molecule has 0 radical (unpaired) electrons. The van der Waals surface area contributed by atoms with Crippen LogP contribution in [-0.2, 0) is 11.0 Å². The Balaban J connectivity index is 2.28. The lowest BCUT2D eigenvalue weighted by Gasteiger charge is -2.15. The molecule has 0 spiro atoms. The molecule has 0 aliphatic heterocycles. The second-order valence-electron chi connectivity index (χ2n) is 3.98. The number of nitrogens with one attached hydrogen (secondary N) is 1. The monoisotopic (exact) mass is 320 g/mol. The second kappa shape index (κ2) is 5.65. The highest BCUT2D eigenvalue weighted by atomic mass is 35.5. The van der Waals surface area contributed by atoms with Gasteiger partial charge in [-0.15, -0.1) is 0 Å². The first-order chi connectivity index (χ1) is 9.79. The molecule has 1 atom stereocenters. The number of rotatable bonds is 4. The third-order valence-corrected chi connectivity index (χ3v) is 2.81. The Morgan fingerprint density at radius 2 is 2.19 bits per heavy atom. The number of carboxylic acid groups (broad SMARTS) is 1. The fourth-order valence-corrected chi connectivity index (χ4v) is 1.77. The fourth-order valence-electron chi connectivity index (χ4n) is 1.55. The molecular weight excluding hydrogens is 313 g/mol. The second-order valence-corrected chi connectivity index (χ2v) is 4.39. The Bertz CT molecular complexity index is 644. The van der Waals surface area contributed by atoms with Gasteiger partial charge in [-0.2, -0.15) is 13.2 Å². The van der Waals surface area contributed by atoms with Crippen LogP contribution in [0.2, 0.25) is 5.02 Å². The summed E-state index contributed by atoms with van der Waals surface area (Å²) in [5.41, 5.74) is -1.03. The Hall–Kier alpha value is -2.22. The summed E-state index contributed by atoms with van der Waals surface area (Å²) < 4.78 is 42.4. The number of furan rings is 1. The molecule has 5 nitrogen and oxygen atoms in total. The van der Waals surface area contributed by atoms with Crippen LogP contribution in [0.5, 0.6) is 0 Å². The zero-order valence-electron chi connectivity index (χ0n) is 10.2. The van der Waals surface area contributed by atoms with E-state index in [1.807, 2.05) is 0 Å². The number of aromatic nitrogens is 1. The van der Waals surface area contributed by atoms with Gasteiger partial charge in [-0.1, -0.05) is 11.6 Å². The third-order valence-electron chi connectivity index (χ3n) is 2.52. The minimum absolute atomic E-state index is 0.0697. The van der Waals surface area contributed by atoms with Crippen LogP contribution in [0.4, 0.5) is 19.0 Å². The summed E-state index contributed by atoms with van der Waals surface area (Å²) in [6, 6.07) is 2.23. The smallest absolute Gasteiger partial charge is 0.417 e. The first-order valence-corrected chi connectivity index (χ1v) is 5.92. The lowest BCUT2D eigenvalue weighted by Crippen LogP contribution is -2.21. The largest absolute Gasteiger partial charge is 0.479 e. The van der Waals surface area contributed by atoms with Crippen molar-refractivity contribution in [3.8, 4) is 0 Å². The molecule has 2 rings (SSSR count). The van der Waals surface area contributed by atoms with E-state index < -0.39 is 23.8 Å². The fraction of sp³-hybridized carbons (Fsp3) is 0.167. The summed E-state index contributed by atoms with van der Waals surface area (Å²) in [6.45, 7) is 0. The number of carboxylic acids is 1. The van der Waals surface area contributed by atoms with Crippen molar-refractivity contribution < 1.29 is 27.5 Å². The minimum atomic E-state index is -4.58. The summed E-state index contributed by atoms with van der Waals surface area (Å²) in [4.78, 5) is 14.7. The summed E-state index contributed by atoms with van der Waals surface area (Å²) in [5, 5.41) is 11.2. The summed E-state index contributed by atoms with van der Waals surface area (Å²) >= 11 is 5.70. The van der Waals surface area contributed by atoms with Crippen LogP contribution in [-0.4, -0.2) is 16.1 Å². The molecule has 2 aromatic heterocycles. The van der Waals surface area contributed by atoms with E-state index in [0.717, 1.165) is 0 Å². The topological polar surface area (TPSA) is 75.4 Å². The van der Waals surface area contributed by atoms with Gasteiger partial charge in [0, 0.05) is 6.20 Å². The molecule has 1 unspecified atom stereocenters. The van der Waals surface area contributed by atoms with E-state index in [9.17, 15) is 18.0 Å². The van der Waals surface area contributed by atoms with Crippen molar-refractivity contribution in [3.63, 3.8) is 0 Å². The Kier molecular flexibility index (Phi) is 4.08. The number of aliphatic carboxylic acids is 1. The zero-order chi connectivity index (χ0) is 15.6. The van der Waals surface area contributed by atoms with E-state index in [2.05, 4.69) is 10.3 Å². The van der Waals surface area contributed by atoms with Gasteiger partial charge in [-0.25, -0.2) is 9.78 Å². The summed E-state index contributed by atoms with van der Waals surface area (Å²) in [7, 11) is 0. The van der Waals surface area contributed by atoms with Crippen LogP contribution < -0.4 is 5.32 Å². The Morgan fingerprint density at radius 1 is 1.48 bits per heavy atom. The van der Waals surface area contributed by atoms with Crippen LogP contribution in [0.1, 0.15) is 17.4 Å². The normalized spacial score (nSPS) is 13.0. The molecule has 2 heterocycles. The molecule has 0 aromatic carbocycles. The number of hydrogen-bond acceptors (Lipinski definition) is 4. The van der Waals surface area contributed by atoms with Gasteiger partial charge in [0.15, 0.2) is 6.04 Å². The van der Waals surface area contributed by atoms with E-state index in [1.165, 1.54) is 18.4 Å². The molecule has 21 heavy (non-hydrogen) atoms. The highest BCUT2D eigenvalue weighted by molar-refractivity contribution is 6.33. The van der Waals surface area contributed by atoms with Gasteiger partial charge < -0.3 is 14.8 Å². The molecule has 112 valence electrons. The highest BCUT2D eigenvalue weighted by Crippen LogP contribution is 2.33. The van der Waals surface area contributed by atoms with Gasteiger partial charge in [0.05, 0.1) is 16.8 Å². The standard InChI is InChI=1S/C12H8ClF3N2O3/c13-7-4-6(12(14,15)16)5-17-10(7)18-9(11(19)20)8-2-1-3-21-8/h1-5,9H,(H,17,18)(H,19,20). The van der Waals surface area contributed by atoms with E-state index in [-0.39, 0.29) is 16.6 Å². The Labute approximate surface area is 121 Å². The molecule has 0 amide bonds. The van der Waals surface area contributed by atoms with Crippen molar-refractivity contribution in [2.24, 2.45) is 0 Å². The van der Waals surface area contributed by atoms with E-state index in [4.69, 9.17) is 21.1 Å². The molecule has 2 N–H and O–H groups in total. The molecule has 0 aliphatic rings. The highest BCUT2D eigenvalue weighted by Gasteiger charge is 2.32. The average Bonchev–Trinajstić information content (AvgIpc) is 2.89. The van der Waals surface area contributed by atoms with E-state index in [0.29, 0.717) is 12.3 Å². The third kappa shape index (κ3) is 3.46. The first kappa shape index (κ1) is 15.2. The zero-order valence-corrected chi connectivity index (χ0v) is 10.9. The minimum Gasteiger partial charge on any atom is -0.479 e. The van der Waals surface area contributed by atoms with Crippen LogP contribution in [0.15, 0.2) is 35.1 Å². The summed E-state index contributed by atoms with van der Waals surface area (Å²) in [6.07, 6.45) is -2.74. The number of nitrogens with zero attached hydrogens (tertiary/aromatic N) is 1. The van der Waals surface area contributed by atoms with Crippen molar-refractivity contribution in [2.45, 2.75) is 12.2 Å². The van der Waals surface area contributed by atoms with E-state index >= 15 is 0 Å². The van der Waals surface area contributed by atoms with Gasteiger partial charge in [0.2, 0.25) is 0 Å². The molecular formula is C12H8ClF3N2O3. The number of hydrogen-bond donors (Lipinski definition) is 2. The average molecular weight is 321 g/mol. The van der Waals surface area contributed by atoms with Crippen LogP contribution in [0.3, 0.4) is 0 Å². The van der Waals surface area contributed by atoms with Crippen molar-refractivity contribution in [1.82, 2.24) is 4.98 Å².